The van der Waals surface area contributed by atoms with Crippen LogP contribution < -0.4 is 10.6 Å². The van der Waals surface area contributed by atoms with E-state index in [1.807, 2.05) is 38.1 Å². The van der Waals surface area contributed by atoms with Gasteiger partial charge >= 0.3 is 0 Å². The first-order chi connectivity index (χ1) is 14.4. The maximum absolute atomic E-state index is 12.8. The molecule has 1 heterocycles. The standard InChI is InChI=1S/C23H25ClN4O2/c1-4-13-25-22(29)18-9-11-19(12-10-18)26-23(30)20-16(3)27-28(21(20)24)14-17-7-5-15(2)6-8-17/h5-12H,4,13-14H2,1-3H3,(H,25,29)(H,26,30). The smallest absolute Gasteiger partial charge is 0.260 e. The van der Waals surface area contributed by atoms with Crippen LogP contribution in [0, 0.1) is 13.8 Å². The summed E-state index contributed by atoms with van der Waals surface area (Å²) in [6.07, 6.45) is 0.873. The first kappa shape index (κ1) is 21.6. The van der Waals surface area contributed by atoms with Crippen LogP contribution in [0.25, 0.3) is 0 Å². The van der Waals surface area contributed by atoms with Crippen molar-refractivity contribution in [3.05, 3.63) is 81.6 Å². The summed E-state index contributed by atoms with van der Waals surface area (Å²) in [5.74, 6) is -0.471. The minimum atomic E-state index is -0.337. The van der Waals surface area contributed by atoms with Gasteiger partial charge in [0.15, 0.2) is 0 Å². The summed E-state index contributed by atoms with van der Waals surface area (Å²) < 4.78 is 1.62. The Kier molecular flexibility index (Phi) is 6.90. The van der Waals surface area contributed by atoms with E-state index >= 15 is 0 Å². The number of nitrogens with zero attached hydrogens (tertiary/aromatic N) is 2. The molecular formula is C23H25ClN4O2. The lowest BCUT2D eigenvalue weighted by atomic mass is 10.1. The van der Waals surface area contributed by atoms with Gasteiger partial charge in [0.1, 0.15) is 5.15 Å². The van der Waals surface area contributed by atoms with Crippen LogP contribution in [0.2, 0.25) is 5.15 Å². The predicted octanol–water partition coefficient (Wildman–Crippen LogP) is 4.59. The molecule has 2 aromatic carbocycles. The molecule has 0 bridgehead atoms. The summed E-state index contributed by atoms with van der Waals surface area (Å²) in [5, 5.41) is 10.4. The van der Waals surface area contributed by atoms with Gasteiger partial charge in [-0.1, -0.05) is 48.4 Å². The third-order valence-corrected chi connectivity index (χ3v) is 5.07. The van der Waals surface area contributed by atoms with Gasteiger partial charge in [0.2, 0.25) is 0 Å². The first-order valence-corrected chi connectivity index (χ1v) is 10.2. The van der Waals surface area contributed by atoms with Crippen LogP contribution in [0.5, 0.6) is 0 Å². The molecule has 0 aliphatic heterocycles. The van der Waals surface area contributed by atoms with Gasteiger partial charge in [0.05, 0.1) is 17.8 Å². The number of hydrogen-bond donors (Lipinski definition) is 2. The van der Waals surface area contributed by atoms with Crippen LogP contribution in [0.4, 0.5) is 5.69 Å². The van der Waals surface area contributed by atoms with Crippen molar-refractivity contribution in [3.63, 3.8) is 0 Å². The number of rotatable bonds is 7. The number of carbonyl (C=O) groups excluding carboxylic acids is 2. The third-order valence-electron chi connectivity index (χ3n) is 4.69. The fourth-order valence-electron chi connectivity index (χ4n) is 3.02. The van der Waals surface area contributed by atoms with E-state index in [2.05, 4.69) is 15.7 Å². The molecule has 1 aromatic heterocycles. The van der Waals surface area contributed by atoms with E-state index in [0.717, 1.165) is 12.0 Å². The number of halogens is 1. The van der Waals surface area contributed by atoms with Crippen LogP contribution >= 0.6 is 11.6 Å². The number of benzene rings is 2. The van der Waals surface area contributed by atoms with Crippen molar-refractivity contribution in [2.75, 3.05) is 11.9 Å². The quantitative estimate of drug-likeness (QED) is 0.582. The minimum absolute atomic E-state index is 0.133. The lowest BCUT2D eigenvalue weighted by molar-refractivity contribution is 0.0953. The fraction of sp³-hybridized carbons (Fsp3) is 0.261. The zero-order valence-corrected chi connectivity index (χ0v) is 18.1. The maximum atomic E-state index is 12.8. The van der Waals surface area contributed by atoms with Crippen LogP contribution in [-0.4, -0.2) is 28.1 Å². The largest absolute Gasteiger partial charge is 0.352 e. The number of nitrogens with one attached hydrogen (secondary N) is 2. The Morgan fingerprint density at radius 1 is 1.00 bits per heavy atom. The Morgan fingerprint density at radius 2 is 1.67 bits per heavy atom. The average Bonchev–Trinajstić information content (AvgIpc) is 3.01. The summed E-state index contributed by atoms with van der Waals surface area (Å²) in [6, 6.07) is 14.8. The average molecular weight is 425 g/mol. The summed E-state index contributed by atoms with van der Waals surface area (Å²) >= 11 is 6.47. The molecule has 0 spiro atoms. The van der Waals surface area contributed by atoms with Crippen molar-refractivity contribution < 1.29 is 9.59 Å². The van der Waals surface area contributed by atoms with Crippen molar-refractivity contribution >= 4 is 29.1 Å². The van der Waals surface area contributed by atoms with Gasteiger partial charge in [0.25, 0.3) is 11.8 Å². The van der Waals surface area contributed by atoms with Gasteiger partial charge in [0, 0.05) is 17.8 Å². The molecule has 0 fully saturated rings. The Morgan fingerprint density at radius 3 is 2.30 bits per heavy atom. The number of amides is 2. The van der Waals surface area contributed by atoms with E-state index in [0.29, 0.717) is 40.8 Å². The topological polar surface area (TPSA) is 76.0 Å². The monoisotopic (exact) mass is 424 g/mol. The summed E-state index contributed by atoms with van der Waals surface area (Å²) in [5.41, 5.74) is 4.24. The van der Waals surface area contributed by atoms with Crippen molar-refractivity contribution in [1.82, 2.24) is 15.1 Å². The molecule has 0 aliphatic rings. The van der Waals surface area contributed by atoms with Gasteiger partial charge in [-0.3, -0.25) is 9.59 Å². The highest BCUT2D eigenvalue weighted by atomic mass is 35.5. The highest BCUT2D eigenvalue weighted by molar-refractivity contribution is 6.33. The van der Waals surface area contributed by atoms with Crippen LogP contribution in [0.1, 0.15) is 50.9 Å². The predicted molar refractivity (Wildman–Crippen MR) is 119 cm³/mol. The molecule has 6 nitrogen and oxygen atoms in total. The van der Waals surface area contributed by atoms with Gasteiger partial charge in [-0.05, 0) is 50.1 Å². The molecule has 3 aromatic rings. The molecule has 7 heteroatoms. The number of hydrogen-bond acceptors (Lipinski definition) is 3. The molecule has 0 radical (unpaired) electrons. The second-order valence-electron chi connectivity index (χ2n) is 7.18. The molecule has 0 saturated carbocycles. The molecule has 3 rings (SSSR count). The molecule has 2 amide bonds. The lowest BCUT2D eigenvalue weighted by Crippen LogP contribution is -2.23. The molecule has 0 atom stereocenters. The number of aryl methyl sites for hydroxylation is 2. The van der Waals surface area contributed by atoms with Gasteiger partial charge in [-0.2, -0.15) is 5.10 Å². The fourth-order valence-corrected chi connectivity index (χ4v) is 3.34. The summed E-state index contributed by atoms with van der Waals surface area (Å²) in [7, 11) is 0. The highest BCUT2D eigenvalue weighted by Crippen LogP contribution is 2.23. The van der Waals surface area contributed by atoms with E-state index in [4.69, 9.17) is 11.6 Å². The summed E-state index contributed by atoms with van der Waals surface area (Å²) in [4.78, 5) is 24.8. The van der Waals surface area contributed by atoms with Crippen LogP contribution in [-0.2, 0) is 6.54 Å². The van der Waals surface area contributed by atoms with E-state index in [9.17, 15) is 9.59 Å². The molecule has 0 saturated heterocycles. The Balaban J connectivity index is 1.71. The van der Waals surface area contributed by atoms with Crippen molar-refractivity contribution in [2.24, 2.45) is 0 Å². The van der Waals surface area contributed by atoms with Crippen LogP contribution in [0.15, 0.2) is 48.5 Å². The van der Waals surface area contributed by atoms with E-state index in [-0.39, 0.29) is 11.8 Å². The molecular weight excluding hydrogens is 400 g/mol. The first-order valence-electron chi connectivity index (χ1n) is 9.87. The van der Waals surface area contributed by atoms with Crippen molar-refractivity contribution in [3.8, 4) is 0 Å². The molecule has 156 valence electrons. The van der Waals surface area contributed by atoms with E-state index in [1.165, 1.54) is 5.56 Å². The number of anilines is 1. The molecule has 0 aliphatic carbocycles. The van der Waals surface area contributed by atoms with Gasteiger partial charge < -0.3 is 10.6 Å². The second-order valence-corrected chi connectivity index (χ2v) is 7.54. The van der Waals surface area contributed by atoms with Crippen LogP contribution in [0.3, 0.4) is 0 Å². The van der Waals surface area contributed by atoms with Crippen molar-refractivity contribution in [1.29, 1.82) is 0 Å². The second kappa shape index (κ2) is 9.59. The minimum Gasteiger partial charge on any atom is -0.352 e. The lowest BCUT2D eigenvalue weighted by Gasteiger charge is -2.08. The van der Waals surface area contributed by atoms with Crippen molar-refractivity contribution in [2.45, 2.75) is 33.7 Å². The van der Waals surface area contributed by atoms with E-state index in [1.54, 1.807) is 35.9 Å². The summed E-state index contributed by atoms with van der Waals surface area (Å²) in [6.45, 7) is 6.89. The number of carbonyl (C=O) groups is 2. The SMILES string of the molecule is CCCNC(=O)c1ccc(NC(=O)c2c(C)nn(Cc3ccc(C)cc3)c2Cl)cc1. The Labute approximate surface area is 181 Å². The number of aromatic nitrogens is 2. The maximum Gasteiger partial charge on any atom is 0.260 e. The van der Waals surface area contributed by atoms with Gasteiger partial charge in [-0.15, -0.1) is 0 Å². The normalized spacial score (nSPS) is 10.7. The Hall–Kier alpha value is -3.12. The third kappa shape index (κ3) is 5.07. The van der Waals surface area contributed by atoms with E-state index < -0.39 is 0 Å². The molecule has 30 heavy (non-hydrogen) atoms. The zero-order chi connectivity index (χ0) is 21.7. The highest BCUT2D eigenvalue weighted by Gasteiger charge is 2.20. The zero-order valence-electron chi connectivity index (χ0n) is 17.3. The molecule has 2 N–H and O–H groups in total. The Bertz CT molecular complexity index is 1040. The van der Waals surface area contributed by atoms with Gasteiger partial charge in [-0.25, -0.2) is 4.68 Å². The molecule has 0 unspecified atom stereocenters.